The molecule has 19 heavy (non-hydrogen) atoms. The number of nitrogens with zero attached hydrogens (tertiary/aromatic N) is 1. The minimum atomic E-state index is -2.98. The summed E-state index contributed by atoms with van der Waals surface area (Å²) in [4.78, 5) is 11.7. The van der Waals surface area contributed by atoms with Crippen LogP contribution in [0.4, 0.5) is 0 Å². The number of carbonyl (C=O) groups excluding carboxylic acids is 1. The molecule has 0 spiro atoms. The number of hydrogen-bond acceptors (Lipinski definition) is 4. The van der Waals surface area contributed by atoms with Crippen molar-refractivity contribution in [2.45, 2.75) is 19.0 Å². The predicted molar refractivity (Wildman–Crippen MR) is 72.5 cm³/mol. The van der Waals surface area contributed by atoms with Gasteiger partial charge in [0.1, 0.15) is 0 Å². The van der Waals surface area contributed by atoms with E-state index in [1.165, 1.54) is 0 Å². The van der Waals surface area contributed by atoms with Gasteiger partial charge >= 0.3 is 0 Å². The van der Waals surface area contributed by atoms with E-state index in [0.29, 0.717) is 13.1 Å². The van der Waals surface area contributed by atoms with Gasteiger partial charge in [-0.05, 0) is 12.1 Å². The fourth-order valence-electron chi connectivity index (χ4n) is 2.14. The van der Waals surface area contributed by atoms with Crippen LogP contribution in [0.5, 0.6) is 0 Å². The van der Waals surface area contributed by atoms with E-state index in [4.69, 9.17) is 0 Å². The highest BCUT2D eigenvalue weighted by atomic mass is 32.2. The highest BCUT2D eigenvalue weighted by Gasteiger charge is 2.25. The number of aromatic nitrogens is 1. The molecule has 2 rings (SSSR count). The Balaban J connectivity index is 1.69. The lowest BCUT2D eigenvalue weighted by atomic mass is 10.2. The van der Waals surface area contributed by atoms with Crippen LogP contribution < -0.4 is 10.6 Å². The van der Waals surface area contributed by atoms with Crippen LogP contribution in [-0.4, -0.2) is 49.5 Å². The predicted octanol–water partition coefficient (Wildman–Crippen LogP) is -0.619. The average molecular weight is 285 g/mol. The van der Waals surface area contributed by atoms with Crippen molar-refractivity contribution in [3.05, 3.63) is 24.5 Å². The van der Waals surface area contributed by atoms with Crippen LogP contribution in [0.3, 0.4) is 0 Å². The van der Waals surface area contributed by atoms with E-state index in [2.05, 4.69) is 10.6 Å². The lowest BCUT2D eigenvalue weighted by molar-refractivity contribution is -0.121. The second-order valence-electron chi connectivity index (χ2n) is 4.74. The molecule has 0 radical (unpaired) electrons. The highest BCUT2D eigenvalue weighted by Crippen LogP contribution is 2.04. The molecule has 1 aromatic heterocycles. The number of sulfone groups is 1. The summed E-state index contributed by atoms with van der Waals surface area (Å²) in [5.41, 5.74) is 0. The van der Waals surface area contributed by atoms with Gasteiger partial charge in [-0.1, -0.05) is 0 Å². The Hall–Kier alpha value is -1.34. The molecule has 1 aromatic rings. The second kappa shape index (κ2) is 6.21. The lowest BCUT2D eigenvalue weighted by Gasteiger charge is -2.23. The van der Waals surface area contributed by atoms with Gasteiger partial charge in [0.15, 0.2) is 9.84 Å². The fraction of sp³-hybridized carbons (Fsp3) is 0.583. The third-order valence-corrected chi connectivity index (χ3v) is 4.83. The summed E-state index contributed by atoms with van der Waals surface area (Å²) in [5, 5.41) is 5.87. The molecular formula is C12H19N3O3S. The van der Waals surface area contributed by atoms with Crippen molar-refractivity contribution in [1.29, 1.82) is 0 Å². The van der Waals surface area contributed by atoms with Gasteiger partial charge in [0.25, 0.3) is 0 Å². The summed E-state index contributed by atoms with van der Waals surface area (Å²) in [5.74, 6) is 0.110. The molecule has 0 aliphatic carbocycles. The Morgan fingerprint density at radius 2 is 2.11 bits per heavy atom. The van der Waals surface area contributed by atoms with Crippen LogP contribution in [0.2, 0.25) is 0 Å². The number of hydrogen-bond donors (Lipinski definition) is 2. The van der Waals surface area contributed by atoms with E-state index >= 15 is 0 Å². The molecule has 1 aliphatic rings. The van der Waals surface area contributed by atoms with Crippen molar-refractivity contribution in [3.63, 3.8) is 0 Å². The van der Waals surface area contributed by atoms with E-state index < -0.39 is 9.84 Å². The monoisotopic (exact) mass is 285 g/mol. The molecule has 0 bridgehead atoms. The zero-order valence-electron chi connectivity index (χ0n) is 10.7. The molecule has 0 saturated carbocycles. The molecule has 1 atom stereocenters. The first-order valence-corrected chi connectivity index (χ1v) is 8.18. The molecule has 2 heterocycles. The minimum absolute atomic E-state index is 0.0536. The standard InChI is InChI=1S/C12H19N3O3S/c16-12(14-3-7-15-5-1-2-6-15)9-11-10-19(17,18)8-4-13-11/h1-2,5-6,11,13H,3-4,7-10H2,(H,14,16). The Labute approximate surface area is 113 Å². The van der Waals surface area contributed by atoms with E-state index in [1.54, 1.807) is 0 Å². The van der Waals surface area contributed by atoms with Gasteiger partial charge in [-0.15, -0.1) is 0 Å². The third-order valence-electron chi connectivity index (χ3n) is 3.09. The highest BCUT2D eigenvalue weighted by molar-refractivity contribution is 7.91. The van der Waals surface area contributed by atoms with Gasteiger partial charge in [0.2, 0.25) is 5.91 Å². The summed E-state index contributed by atoms with van der Waals surface area (Å²) in [7, 11) is -2.98. The average Bonchev–Trinajstić information content (AvgIpc) is 2.80. The van der Waals surface area contributed by atoms with Crippen LogP contribution in [-0.2, 0) is 21.2 Å². The quantitative estimate of drug-likeness (QED) is 0.756. The summed E-state index contributed by atoms with van der Waals surface area (Å²) in [6, 6.07) is 3.60. The van der Waals surface area contributed by atoms with Crippen LogP contribution in [0.1, 0.15) is 6.42 Å². The topological polar surface area (TPSA) is 80.2 Å². The van der Waals surface area contributed by atoms with Crippen molar-refractivity contribution in [2.24, 2.45) is 0 Å². The molecule has 1 unspecified atom stereocenters. The van der Waals surface area contributed by atoms with Gasteiger partial charge in [-0.25, -0.2) is 8.42 Å². The van der Waals surface area contributed by atoms with Crippen molar-refractivity contribution in [2.75, 3.05) is 24.6 Å². The summed E-state index contributed by atoms with van der Waals surface area (Å²) in [6.07, 6.45) is 4.08. The number of amides is 1. The molecule has 1 saturated heterocycles. The number of nitrogens with one attached hydrogen (secondary N) is 2. The summed E-state index contributed by atoms with van der Waals surface area (Å²) in [6.45, 7) is 1.70. The SMILES string of the molecule is O=C(CC1CS(=O)(=O)CCN1)NCCn1cccc1. The first-order chi connectivity index (χ1) is 9.05. The van der Waals surface area contributed by atoms with Gasteiger partial charge in [-0.3, -0.25) is 4.79 Å². The third kappa shape index (κ3) is 4.68. The fourth-order valence-corrected chi connectivity index (χ4v) is 3.58. The maximum absolute atomic E-state index is 11.7. The van der Waals surface area contributed by atoms with E-state index in [1.807, 2.05) is 29.1 Å². The van der Waals surface area contributed by atoms with Crippen LogP contribution in [0.15, 0.2) is 24.5 Å². The molecule has 106 valence electrons. The molecule has 0 aromatic carbocycles. The Kier molecular flexibility index (Phi) is 4.60. The number of rotatable bonds is 5. The smallest absolute Gasteiger partial charge is 0.221 e. The first-order valence-electron chi connectivity index (χ1n) is 6.36. The Morgan fingerprint density at radius 1 is 1.37 bits per heavy atom. The summed E-state index contributed by atoms with van der Waals surface area (Å²) >= 11 is 0. The van der Waals surface area contributed by atoms with E-state index in [9.17, 15) is 13.2 Å². The molecule has 1 amide bonds. The molecule has 7 heteroatoms. The van der Waals surface area contributed by atoms with E-state index in [-0.39, 0.29) is 29.9 Å². The molecule has 6 nitrogen and oxygen atoms in total. The van der Waals surface area contributed by atoms with Gasteiger partial charge in [0, 0.05) is 44.5 Å². The minimum Gasteiger partial charge on any atom is -0.354 e. The second-order valence-corrected chi connectivity index (χ2v) is 6.97. The van der Waals surface area contributed by atoms with Crippen molar-refractivity contribution >= 4 is 15.7 Å². The van der Waals surface area contributed by atoms with Crippen molar-refractivity contribution in [1.82, 2.24) is 15.2 Å². The summed E-state index contributed by atoms with van der Waals surface area (Å²) < 4.78 is 24.8. The molecule has 1 aliphatic heterocycles. The molecule has 2 N–H and O–H groups in total. The van der Waals surface area contributed by atoms with Gasteiger partial charge < -0.3 is 15.2 Å². The van der Waals surface area contributed by atoms with Crippen LogP contribution in [0, 0.1) is 0 Å². The maximum atomic E-state index is 11.7. The lowest BCUT2D eigenvalue weighted by Crippen LogP contribution is -2.47. The molecular weight excluding hydrogens is 266 g/mol. The maximum Gasteiger partial charge on any atom is 0.221 e. The Morgan fingerprint density at radius 3 is 2.79 bits per heavy atom. The van der Waals surface area contributed by atoms with Crippen molar-refractivity contribution < 1.29 is 13.2 Å². The van der Waals surface area contributed by atoms with Gasteiger partial charge in [-0.2, -0.15) is 0 Å². The number of carbonyl (C=O) groups is 1. The largest absolute Gasteiger partial charge is 0.354 e. The van der Waals surface area contributed by atoms with Gasteiger partial charge in [0.05, 0.1) is 11.5 Å². The molecule has 1 fully saturated rings. The Bertz CT molecular complexity index is 510. The van der Waals surface area contributed by atoms with Crippen LogP contribution >= 0.6 is 0 Å². The van der Waals surface area contributed by atoms with E-state index in [0.717, 1.165) is 6.54 Å². The van der Waals surface area contributed by atoms with Crippen LogP contribution in [0.25, 0.3) is 0 Å². The van der Waals surface area contributed by atoms with Crippen molar-refractivity contribution in [3.8, 4) is 0 Å². The zero-order chi connectivity index (χ0) is 13.7. The first kappa shape index (κ1) is 14.1. The normalized spacial score (nSPS) is 22.0. The zero-order valence-corrected chi connectivity index (χ0v) is 11.5.